The molecule has 1 amide bonds. The molecular weight excluding hydrogens is 658 g/mol. The second-order valence-corrected chi connectivity index (χ2v) is 14.0. The quantitative estimate of drug-likeness (QED) is 0.0329. The van der Waals surface area contributed by atoms with Crippen LogP contribution in [0.1, 0.15) is 189 Å². The van der Waals surface area contributed by atoms with Crippen molar-refractivity contribution in [3.63, 3.8) is 0 Å². The number of hydrogen-bond acceptors (Lipinski definition) is 9. The maximum Gasteiger partial charge on any atom is 0.325 e. The summed E-state index contributed by atoms with van der Waals surface area (Å²) >= 11 is 0. The highest BCUT2D eigenvalue weighted by Gasteiger charge is 2.20. The van der Waals surface area contributed by atoms with Gasteiger partial charge in [-0.2, -0.15) is 0 Å². The van der Waals surface area contributed by atoms with E-state index in [1.807, 2.05) is 6.92 Å². The Morgan fingerprint density at radius 2 is 0.923 bits per heavy atom. The van der Waals surface area contributed by atoms with Gasteiger partial charge >= 0.3 is 17.9 Å². The van der Waals surface area contributed by atoms with Gasteiger partial charge < -0.3 is 30.6 Å². The standard InChI is InChI=1S/C38H71NO7.C4H10N2/c1-5-9-13-16-17-20-27-34(26-19-15-11-7-3)38(43)45-30-22-21-29-44-36(41)32-39-35(40)28-23-31-46-37(42)33(24-12-8-4)25-18-14-10-6-2;1-3-6-4(2)5/h33-34H,5-32H2,1-4H3,(H,39,40);6H,2-3,5H2,1H3. The predicted molar refractivity (Wildman–Crippen MR) is 213 cm³/mol. The van der Waals surface area contributed by atoms with Gasteiger partial charge in [-0.1, -0.05) is 137 Å². The van der Waals surface area contributed by atoms with Crippen LogP contribution in [-0.4, -0.2) is 56.7 Å². The van der Waals surface area contributed by atoms with E-state index in [9.17, 15) is 19.2 Å². The highest BCUT2D eigenvalue weighted by molar-refractivity contribution is 5.81. The molecule has 2 atom stereocenters. The predicted octanol–water partition coefficient (Wildman–Crippen LogP) is 9.43. The molecule has 0 saturated heterocycles. The normalized spacial score (nSPS) is 11.8. The van der Waals surface area contributed by atoms with E-state index < -0.39 is 5.97 Å². The monoisotopic (exact) mass is 740 g/mol. The van der Waals surface area contributed by atoms with Gasteiger partial charge in [0, 0.05) is 13.0 Å². The number of rotatable bonds is 35. The highest BCUT2D eigenvalue weighted by Crippen LogP contribution is 2.21. The second-order valence-electron chi connectivity index (χ2n) is 14.0. The average molecular weight is 740 g/mol. The summed E-state index contributed by atoms with van der Waals surface area (Å²) in [5.74, 6) is -0.536. The zero-order chi connectivity index (χ0) is 39.1. The Hall–Kier alpha value is -2.78. The fourth-order valence-electron chi connectivity index (χ4n) is 5.76. The summed E-state index contributed by atoms with van der Waals surface area (Å²) < 4.78 is 16.3. The molecule has 52 heavy (non-hydrogen) atoms. The Morgan fingerprint density at radius 1 is 0.519 bits per heavy atom. The maximum atomic E-state index is 12.7. The van der Waals surface area contributed by atoms with Crippen molar-refractivity contribution in [1.82, 2.24) is 10.6 Å². The van der Waals surface area contributed by atoms with Crippen LogP contribution in [0, 0.1) is 11.8 Å². The van der Waals surface area contributed by atoms with Crippen molar-refractivity contribution >= 4 is 23.8 Å². The smallest absolute Gasteiger partial charge is 0.325 e. The molecular formula is C42H81N3O7. The van der Waals surface area contributed by atoms with E-state index in [0.717, 1.165) is 77.2 Å². The van der Waals surface area contributed by atoms with E-state index in [2.05, 4.69) is 44.9 Å². The number of amides is 1. The van der Waals surface area contributed by atoms with Gasteiger partial charge in [0.25, 0.3) is 0 Å². The van der Waals surface area contributed by atoms with Gasteiger partial charge in [-0.05, 0) is 51.9 Å². The van der Waals surface area contributed by atoms with Crippen LogP contribution in [0.3, 0.4) is 0 Å². The van der Waals surface area contributed by atoms with Crippen LogP contribution in [0.2, 0.25) is 0 Å². The number of unbranched alkanes of at least 4 members (excludes halogenated alkanes) is 13. The largest absolute Gasteiger partial charge is 0.465 e. The fraction of sp³-hybridized carbons (Fsp3) is 0.857. The van der Waals surface area contributed by atoms with Crippen LogP contribution in [-0.2, 0) is 33.4 Å². The Kier molecular flexibility index (Phi) is 38.9. The van der Waals surface area contributed by atoms with Crippen molar-refractivity contribution in [2.75, 3.05) is 32.9 Å². The Bertz CT molecular complexity index is 884. The van der Waals surface area contributed by atoms with Crippen LogP contribution in [0.15, 0.2) is 12.4 Å². The maximum absolute atomic E-state index is 12.7. The third-order valence-corrected chi connectivity index (χ3v) is 8.96. The molecule has 0 spiro atoms. The van der Waals surface area contributed by atoms with Crippen LogP contribution >= 0.6 is 0 Å². The molecule has 0 aliphatic carbocycles. The van der Waals surface area contributed by atoms with Gasteiger partial charge in [0.05, 0.1) is 37.5 Å². The van der Waals surface area contributed by atoms with E-state index >= 15 is 0 Å². The van der Waals surface area contributed by atoms with E-state index in [4.69, 9.17) is 19.9 Å². The molecule has 0 saturated carbocycles. The second kappa shape index (κ2) is 39.4. The third kappa shape index (κ3) is 35.6. The van der Waals surface area contributed by atoms with Gasteiger partial charge in [-0.3, -0.25) is 19.2 Å². The van der Waals surface area contributed by atoms with E-state index in [1.165, 1.54) is 57.8 Å². The van der Waals surface area contributed by atoms with Crippen molar-refractivity contribution < 1.29 is 33.4 Å². The minimum absolute atomic E-state index is 0.0143. The molecule has 0 aromatic carbocycles. The van der Waals surface area contributed by atoms with Crippen molar-refractivity contribution in [1.29, 1.82) is 0 Å². The number of nitrogens with two attached hydrogens (primary N) is 1. The number of nitrogens with one attached hydrogen (secondary N) is 2. The van der Waals surface area contributed by atoms with E-state index in [-0.39, 0.29) is 55.9 Å². The lowest BCUT2D eigenvalue weighted by Crippen LogP contribution is -2.31. The molecule has 0 fully saturated rings. The fourth-order valence-corrected chi connectivity index (χ4v) is 5.76. The molecule has 0 heterocycles. The molecule has 2 unspecified atom stereocenters. The van der Waals surface area contributed by atoms with Crippen LogP contribution in [0.25, 0.3) is 0 Å². The third-order valence-electron chi connectivity index (χ3n) is 8.96. The Labute approximate surface area is 318 Å². The number of ether oxygens (including phenoxy) is 3. The lowest BCUT2D eigenvalue weighted by Gasteiger charge is -2.16. The molecule has 0 aliphatic heterocycles. The van der Waals surface area contributed by atoms with E-state index in [1.54, 1.807) is 0 Å². The lowest BCUT2D eigenvalue weighted by atomic mass is 9.94. The highest BCUT2D eigenvalue weighted by atomic mass is 16.5. The first kappa shape index (κ1) is 51.3. The zero-order valence-corrected chi connectivity index (χ0v) is 34.3. The molecule has 0 aromatic rings. The minimum atomic E-state index is -0.496. The first-order valence-electron chi connectivity index (χ1n) is 21.1. The van der Waals surface area contributed by atoms with Crippen LogP contribution < -0.4 is 16.4 Å². The summed E-state index contributed by atoms with van der Waals surface area (Å²) in [6.45, 7) is 15.5. The van der Waals surface area contributed by atoms with Crippen LogP contribution in [0.5, 0.6) is 0 Å². The summed E-state index contributed by atoms with van der Waals surface area (Å²) in [7, 11) is 0. The molecule has 0 rings (SSSR count). The van der Waals surface area contributed by atoms with Crippen molar-refractivity contribution in [2.24, 2.45) is 17.6 Å². The van der Waals surface area contributed by atoms with E-state index in [0.29, 0.717) is 31.7 Å². The lowest BCUT2D eigenvalue weighted by molar-refractivity contribution is -0.150. The topological polar surface area (TPSA) is 146 Å². The molecule has 0 radical (unpaired) electrons. The summed E-state index contributed by atoms with van der Waals surface area (Å²) in [6, 6.07) is 0. The Morgan fingerprint density at radius 3 is 1.37 bits per heavy atom. The van der Waals surface area contributed by atoms with Crippen molar-refractivity contribution in [3.8, 4) is 0 Å². The molecule has 0 bridgehead atoms. The number of esters is 3. The summed E-state index contributed by atoms with van der Waals surface area (Å²) in [5.41, 5.74) is 5.10. The number of carbonyl (C=O) groups excluding carboxylic acids is 4. The van der Waals surface area contributed by atoms with Gasteiger partial charge in [-0.25, -0.2) is 0 Å². The van der Waals surface area contributed by atoms with Gasteiger partial charge in [0.2, 0.25) is 5.91 Å². The summed E-state index contributed by atoms with van der Waals surface area (Å²) in [6.07, 6.45) is 23.9. The average Bonchev–Trinajstić information content (AvgIpc) is 3.12. The first-order chi connectivity index (χ1) is 25.2. The minimum Gasteiger partial charge on any atom is -0.465 e. The molecule has 306 valence electrons. The molecule has 0 aromatic heterocycles. The molecule has 0 aliphatic rings. The van der Waals surface area contributed by atoms with Gasteiger partial charge in [-0.15, -0.1) is 0 Å². The SMILES string of the molecule is C=C(N)NCC.CCCCCCCCC(CCCCCC)C(=O)OCCCCOC(=O)CNC(=O)CCCOC(=O)C(CCCC)CCCCCC. The summed E-state index contributed by atoms with van der Waals surface area (Å²) in [4.78, 5) is 49.4. The first-order valence-corrected chi connectivity index (χ1v) is 21.1. The molecule has 10 heteroatoms. The van der Waals surface area contributed by atoms with Crippen LogP contribution in [0.4, 0.5) is 0 Å². The summed E-state index contributed by atoms with van der Waals surface area (Å²) in [5, 5.41) is 5.36. The molecule has 10 nitrogen and oxygen atoms in total. The van der Waals surface area contributed by atoms with Gasteiger partial charge in [0.1, 0.15) is 6.54 Å². The number of carbonyl (C=O) groups is 4. The zero-order valence-electron chi connectivity index (χ0n) is 34.3. The Balaban J connectivity index is 0. The van der Waals surface area contributed by atoms with Gasteiger partial charge in [0.15, 0.2) is 0 Å². The van der Waals surface area contributed by atoms with Crippen molar-refractivity contribution in [3.05, 3.63) is 12.4 Å². The number of hydrogen-bond donors (Lipinski definition) is 3. The molecule has 4 N–H and O–H groups in total. The van der Waals surface area contributed by atoms with Crippen molar-refractivity contribution in [2.45, 2.75) is 189 Å².